The number of amides is 1. The van der Waals surface area contributed by atoms with Crippen molar-refractivity contribution in [2.75, 3.05) is 12.4 Å². The highest BCUT2D eigenvalue weighted by atomic mass is 19.1. The maximum Gasteiger partial charge on any atom is 0.261 e. The Morgan fingerprint density at radius 1 is 1.12 bits per heavy atom. The molecule has 2 atom stereocenters. The Bertz CT molecular complexity index is 1730. The van der Waals surface area contributed by atoms with Gasteiger partial charge in [0.05, 0.1) is 24.5 Å². The molecule has 3 aromatic heterocycles. The number of methoxy groups -OCH3 is 1. The van der Waals surface area contributed by atoms with E-state index in [1.807, 2.05) is 55.7 Å². The van der Waals surface area contributed by atoms with Crippen molar-refractivity contribution in [1.29, 1.82) is 0 Å². The fourth-order valence-electron chi connectivity index (χ4n) is 5.13. The van der Waals surface area contributed by atoms with Gasteiger partial charge in [-0.3, -0.25) is 9.48 Å². The molecule has 0 radical (unpaired) electrons. The van der Waals surface area contributed by atoms with Crippen LogP contribution in [0.2, 0.25) is 0 Å². The summed E-state index contributed by atoms with van der Waals surface area (Å²) in [6.07, 6.45) is 1.82. The van der Waals surface area contributed by atoms with Crippen LogP contribution in [-0.2, 0) is 18.7 Å². The van der Waals surface area contributed by atoms with Gasteiger partial charge in [0.25, 0.3) is 5.91 Å². The van der Waals surface area contributed by atoms with Crippen molar-refractivity contribution in [2.45, 2.75) is 52.7 Å². The van der Waals surface area contributed by atoms with Crippen LogP contribution in [0.15, 0.2) is 67.0 Å². The van der Waals surface area contributed by atoms with E-state index in [1.54, 1.807) is 41.3 Å². The molecule has 0 spiro atoms. The van der Waals surface area contributed by atoms with Crippen LogP contribution in [0, 0.1) is 6.92 Å². The number of alkyl halides is 1. The number of halogens is 1. The Morgan fingerprint density at radius 3 is 2.50 bits per heavy atom. The molecule has 0 aliphatic heterocycles. The summed E-state index contributed by atoms with van der Waals surface area (Å²) in [5.41, 5.74) is 1.64. The van der Waals surface area contributed by atoms with Crippen LogP contribution in [0.1, 0.15) is 53.6 Å². The smallest absolute Gasteiger partial charge is 0.261 e. The summed E-state index contributed by atoms with van der Waals surface area (Å²) in [4.78, 5) is 22.7. The first-order chi connectivity index (χ1) is 20.2. The second-order valence-electron chi connectivity index (χ2n) is 9.82. The number of pyridine rings is 1. The highest BCUT2D eigenvalue weighted by Crippen LogP contribution is 2.40. The van der Waals surface area contributed by atoms with Crippen molar-refractivity contribution < 1.29 is 23.8 Å². The Hall–Kier alpha value is -4.77. The van der Waals surface area contributed by atoms with E-state index in [2.05, 4.69) is 15.4 Å². The molecule has 0 bridgehead atoms. The van der Waals surface area contributed by atoms with Crippen molar-refractivity contribution in [3.05, 3.63) is 95.1 Å². The summed E-state index contributed by atoms with van der Waals surface area (Å²) < 4.78 is 27.8. The van der Waals surface area contributed by atoms with Gasteiger partial charge in [-0.2, -0.15) is 10.1 Å². The molecule has 1 amide bonds. The van der Waals surface area contributed by atoms with Crippen LogP contribution in [0.3, 0.4) is 0 Å². The number of aryl methyl sites for hydroxylation is 3. The lowest BCUT2D eigenvalue weighted by Gasteiger charge is -2.31. The van der Waals surface area contributed by atoms with Crippen molar-refractivity contribution >= 4 is 22.8 Å². The van der Waals surface area contributed by atoms with E-state index >= 15 is 0 Å². The second-order valence-corrected chi connectivity index (χ2v) is 9.82. The number of carbonyl (C=O) groups excluding carboxylic acids is 1. The van der Waals surface area contributed by atoms with Crippen LogP contribution in [-0.4, -0.2) is 48.8 Å². The van der Waals surface area contributed by atoms with E-state index in [0.717, 1.165) is 0 Å². The number of benzene rings is 2. The highest BCUT2D eigenvalue weighted by Gasteiger charge is 2.40. The van der Waals surface area contributed by atoms with E-state index in [9.17, 15) is 14.3 Å². The van der Waals surface area contributed by atoms with Crippen molar-refractivity contribution in [3.63, 3.8) is 0 Å². The monoisotopic (exact) mass is 572 g/mol. The quantitative estimate of drug-likeness (QED) is 0.236. The van der Waals surface area contributed by atoms with Gasteiger partial charge in [0.1, 0.15) is 11.3 Å². The first-order valence-electron chi connectivity index (χ1n) is 13.7. The molecular weight excluding hydrogens is 539 g/mol. The van der Waals surface area contributed by atoms with E-state index in [-0.39, 0.29) is 11.4 Å². The maximum absolute atomic E-state index is 13.6. The minimum absolute atomic E-state index is 0.0939. The molecule has 42 heavy (non-hydrogen) atoms. The summed E-state index contributed by atoms with van der Waals surface area (Å²) in [6, 6.07) is 15.8. The topological polar surface area (TPSA) is 116 Å². The van der Waals surface area contributed by atoms with Crippen LogP contribution in [0.25, 0.3) is 11.2 Å². The SMILES string of the molecule is CCn1cc(NC(=O)c2cc3c(nc2OC)nc(C(O)(c2ccccc2)c2ccc(OC(C)F)cc2C)n3CC)cn1. The fourth-order valence-corrected chi connectivity index (χ4v) is 5.13. The molecule has 0 saturated carbocycles. The predicted molar refractivity (Wildman–Crippen MR) is 157 cm³/mol. The van der Waals surface area contributed by atoms with E-state index < -0.39 is 17.9 Å². The number of hydrogen-bond donors (Lipinski definition) is 2. The van der Waals surface area contributed by atoms with Crippen molar-refractivity contribution in [2.24, 2.45) is 0 Å². The zero-order chi connectivity index (χ0) is 30.0. The number of aromatic nitrogens is 5. The number of fused-ring (bicyclic) bond motifs is 1. The van der Waals surface area contributed by atoms with E-state index in [1.165, 1.54) is 14.0 Å². The summed E-state index contributed by atoms with van der Waals surface area (Å²) >= 11 is 0. The third-order valence-electron chi connectivity index (χ3n) is 7.08. The van der Waals surface area contributed by atoms with Gasteiger partial charge < -0.3 is 24.5 Å². The van der Waals surface area contributed by atoms with Gasteiger partial charge in [0.15, 0.2) is 17.1 Å². The van der Waals surface area contributed by atoms with Crippen LogP contribution >= 0.6 is 0 Å². The summed E-state index contributed by atoms with van der Waals surface area (Å²) in [5.74, 6) is 0.320. The summed E-state index contributed by atoms with van der Waals surface area (Å²) in [5, 5.41) is 19.7. The predicted octanol–water partition coefficient (Wildman–Crippen LogP) is 5.22. The number of aliphatic hydroxyl groups is 1. The lowest BCUT2D eigenvalue weighted by Crippen LogP contribution is -2.33. The lowest BCUT2D eigenvalue weighted by molar-refractivity contribution is 0.0855. The largest absolute Gasteiger partial charge is 0.480 e. The summed E-state index contributed by atoms with van der Waals surface area (Å²) in [7, 11) is 1.43. The molecule has 3 heterocycles. The Balaban J connectivity index is 1.68. The number of imidazole rings is 1. The van der Waals surface area contributed by atoms with Gasteiger partial charge in [-0.15, -0.1) is 0 Å². The number of nitrogens with zero attached hydrogens (tertiary/aromatic N) is 5. The Morgan fingerprint density at radius 2 is 1.88 bits per heavy atom. The van der Waals surface area contributed by atoms with Gasteiger partial charge in [0.2, 0.25) is 12.2 Å². The minimum atomic E-state index is -1.73. The Labute approximate surface area is 242 Å². The average Bonchev–Trinajstić information content (AvgIpc) is 3.60. The molecule has 5 aromatic rings. The number of ether oxygens (including phenoxy) is 2. The normalized spacial score (nSPS) is 13.5. The molecule has 5 rings (SSSR count). The fraction of sp³-hybridized carbons (Fsp3) is 0.290. The zero-order valence-corrected chi connectivity index (χ0v) is 24.1. The van der Waals surface area contributed by atoms with Crippen LogP contribution < -0.4 is 14.8 Å². The first kappa shape index (κ1) is 28.7. The molecule has 2 unspecified atom stereocenters. The lowest BCUT2D eigenvalue weighted by atomic mass is 9.83. The van der Waals surface area contributed by atoms with Gasteiger partial charge in [-0.25, -0.2) is 9.37 Å². The molecule has 0 aliphatic rings. The summed E-state index contributed by atoms with van der Waals surface area (Å²) in [6.45, 7) is 8.08. The van der Waals surface area contributed by atoms with Crippen molar-refractivity contribution in [3.8, 4) is 11.6 Å². The van der Waals surface area contributed by atoms with Gasteiger partial charge in [-0.05, 0) is 55.7 Å². The molecule has 0 saturated heterocycles. The molecule has 2 N–H and O–H groups in total. The minimum Gasteiger partial charge on any atom is -0.480 e. The number of carbonyl (C=O) groups is 1. The maximum atomic E-state index is 13.6. The molecule has 218 valence electrons. The molecule has 10 nitrogen and oxygen atoms in total. The number of hydrogen-bond acceptors (Lipinski definition) is 7. The molecular formula is C31H33FN6O4. The zero-order valence-electron chi connectivity index (χ0n) is 24.1. The number of nitrogens with one attached hydrogen (secondary N) is 1. The van der Waals surface area contributed by atoms with E-state index in [0.29, 0.717) is 58.2 Å². The first-order valence-corrected chi connectivity index (χ1v) is 13.7. The number of anilines is 1. The van der Waals surface area contributed by atoms with E-state index in [4.69, 9.17) is 14.5 Å². The third kappa shape index (κ3) is 5.18. The van der Waals surface area contributed by atoms with Gasteiger partial charge in [-0.1, -0.05) is 36.4 Å². The Kier molecular flexibility index (Phi) is 7.95. The second kappa shape index (κ2) is 11.6. The van der Waals surface area contributed by atoms with Gasteiger partial charge >= 0.3 is 0 Å². The van der Waals surface area contributed by atoms with Crippen LogP contribution in [0.4, 0.5) is 10.1 Å². The molecule has 0 aliphatic carbocycles. The molecule has 0 fully saturated rings. The standard InChI is InChI=1S/C31H33FN6O4/c1-6-37-18-22(17-33-37)34-28(39)24-16-26-27(35-29(24)41-5)36-30(38(26)7-2)31(40,21-11-9-8-10-12-21)25-14-13-23(15-19(25)3)42-20(4)32/h8-18,20,40H,6-7H2,1-5H3,(H,34,39). The molecule has 2 aromatic carbocycles. The van der Waals surface area contributed by atoms with Crippen LogP contribution in [0.5, 0.6) is 11.6 Å². The average molecular weight is 573 g/mol. The highest BCUT2D eigenvalue weighted by molar-refractivity contribution is 6.07. The van der Waals surface area contributed by atoms with Crippen molar-refractivity contribution in [1.82, 2.24) is 24.3 Å². The number of rotatable bonds is 10. The third-order valence-corrected chi connectivity index (χ3v) is 7.08. The van der Waals surface area contributed by atoms with Gasteiger partial charge in [0, 0.05) is 26.2 Å². The molecule has 11 heteroatoms.